The minimum absolute atomic E-state index is 0.105. The van der Waals surface area contributed by atoms with Gasteiger partial charge in [-0.05, 0) is 75.6 Å². The molecular weight excluding hydrogens is 376 g/mol. The number of likely N-dealkylation sites (tertiary alicyclic amines) is 1. The summed E-state index contributed by atoms with van der Waals surface area (Å²) in [7, 11) is -3.63. The Bertz CT molecular complexity index is 913. The first kappa shape index (κ1) is 19.6. The van der Waals surface area contributed by atoms with E-state index in [0.717, 1.165) is 35.1 Å². The van der Waals surface area contributed by atoms with E-state index in [4.69, 9.17) is 0 Å². The molecule has 0 radical (unpaired) electrons. The number of hydrogen-bond acceptors (Lipinski definition) is 4. The molecular formula is C21H28N2O4S. The van der Waals surface area contributed by atoms with Gasteiger partial charge in [-0.25, -0.2) is 8.42 Å². The Balaban J connectivity index is 1.69. The Morgan fingerprint density at radius 2 is 1.29 bits per heavy atom. The van der Waals surface area contributed by atoms with Crippen LogP contribution in [-0.2, 0) is 19.6 Å². The number of amides is 2. The van der Waals surface area contributed by atoms with Crippen LogP contribution in [0.4, 0.5) is 0 Å². The third kappa shape index (κ3) is 2.82. The number of piperidine rings is 1. The fourth-order valence-corrected chi connectivity index (χ4v) is 7.86. The van der Waals surface area contributed by atoms with Gasteiger partial charge < -0.3 is 0 Å². The summed E-state index contributed by atoms with van der Waals surface area (Å²) in [4.78, 5) is 26.2. The van der Waals surface area contributed by atoms with E-state index < -0.39 is 10.0 Å². The van der Waals surface area contributed by atoms with Crippen LogP contribution >= 0.6 is 0 Å². The lowest BCUT2D eigenvalue weighted by Crippen LogP contribution is -2.53. The predicted molar refractivity (Wildman–Crippen MR) is 105 cm³/mol. The van der Waals surface area contributed by atoms with Crippen molar-refractivity contribution in [1.29, 1.82) is 0 Å². The molecule has 0 spiro atoms. The molecule has 3 saturated heterocycles. The molecule has 3 aliphatic rings. The van der Waals surface area contributed by atoms with Crippen LogP contribution in [0.1, 0.15) is 60.8 Å². The van der Waals surface area contributed by atoms with Gasteiger partial charge in [-0.1, -0.05) is 6.07 Å². The van der Waals surface area contributed by atoms with Gasteiger partial charge in [0.2, 0.25) is 21.8 Å². The Morgan fingerprint density at radius 3 is 1.75 bits per heavy atom. The molecule has 3 heterocycles. The van der Waals surface area contributed by atoms with Gasteiger partial charge >= 0.3 is 0 Å². The highest BCUT2D eigenvalue weighted by atomic mass is 32.2. The van der Waals surface area contributed by atoms with Gasteiger partial charge in [-0.3, -0.25) is 14.5 Å². The van der Waals surface area contributed by atoms with Crippen molar-refractivity contribution in [2.45, 2.75) is 89.2 Å². The second-order valence-corrected chi connectivity index (χ2v) is 10.4. The van der Waals surface area contributed by atoms with Crippen LogP contribution in [0, 0.1) is 27.7 Å². The molecule has 2 amide bonds. The molecule has 28 heavy (non-hydrogen) atoms. The first-order chi connectivity index (χ1) is 13.1. The van der Waals surface area contributed by atoms with Gasteiger partial charge in [-0.2, -0.15) is 4.31 Å². The molecule has 1 aromatic carbocycles. The fourth-order valence-electron chi connectivity index (χ4n) is 5.38. The van der Waals surface area contributed by atoms with Crippen LogP contribution in [0.25, 0.3) is 0 Å². The van der Waals surface area contributed by atoms with Crippen LogP contribution in [0.3, 0.4) is 0 Å². The topological polar surface area (TPSA) is 74.8 Å². The van der Waals surface area contributed by atoms with E-state index in [2.05, 4.69) is 0 Å². The zero-order chi connectivity index (χ0) is 20.4. The zero-order valence-corrected chi connectivity index (χ0v) is 17.8. The van der Waals surface area contributed by atoms with Gasteiger partial charge in [0, 0.05) is 31.0 Å². The molecule has 3 aliphatic heterocycles. The standard InChI is InChI=1S/C21H28N2O4S/c1-12-9-13(2)15(4)21(14(12)3)28(26,27)23-16-5-6-17(23)11-18(10-16)22-19(24)7-8-20(22)25/h9,16-18H,5-8,10-11H2,1-4H3. The predicted octanol–water partition coefficient (Wildman–Crippen LogP) is 2.75. The van der Waals surface area contributed by atoms with Crippen molar-refractivity contribution >= 4 is 21.8 Å². The second kappa shape index (κ2) is 6.66. The van der Waals surface area contributed by atoms with Gasteiger partial charge in [-0.15, -0.1) is 0 Å². The largest absolute Gasteiger partial charge is 0.279 e. The van der Waals surface area contributed by atoms with Crippen molar-refractivity contribution in [3.05, 3.63) is 28.3 Å². The van der Waals surface area contributed by atoms with Crippen molar-refractivity contribution in [2.24, 2.45) is 0 Å². The molecule has 2 bridgehead atoms. The average Bonchev–Trinajstić information content (AvgIpc) is 3.10. The maximum atomic E-state index is 13.7. The van der Waals surface area contributed by atoms with E-state index in [1.54, 1.807) is 4.31 Å². The number of imide groups is 1. The molecule has 0 aromatic heterocycles. The number of aryl methyl sites for hydroxylation is 2. The number of hydrogen-bond donors (Lipinski definition) is 0. The van der Waals surface area contributed by atoms with Gasteiger partial charge in [0.25, 0.3) is 0 Å². The van der Waals surface area contributed by atoms with Crippen LogP contribution < -0.4 is 0 Å². The van der Waals surface area contributed by atoms with Crippen molar-refractivity contribution in [2.75, 3.05) is 0 Å². The molecule has 4 rings (SSSR count). The van der Waals surface area contributed by atoms with Crippen molar-refractivity contribution in [3.63, 3.8) is 0 Å². The third-order valence-electron chi connectivity index (χ3n) is 6.93. The first-order valence-electron chi connectivity index (χ1n) is 10.1. The molecule has 3 fully saturated rings. The number of fused-ring (bicyclic) bond motifs is 2. The average molecular weight is 405 g/mol. The number of rotatable bonds is 3. The van der Waals surface area contributed by atoms with E-state index in [0.29, 0.717) is 17.7 Å². The minimum atomic E-state index is -3.63. The molecule has 2 unspecified atom stereocenters. The smallest absolute Gasteiger partial charge is 0.244 e. The normalized spacial score (nSPS) is 28.4. The summed E-state index contributed by atoms with van der Waals surface area (Å²) in [6, 6.07) is 1.59. The van der Waals surface area contributed by atoms with Crippen LogP contribution in [0.2, 0.25) is 0 Å². The van der Waals surface area contributed by atoms with Crippen molar-refractivity contribution < 1.29 is 18.0 Å². The summed E-state index contributed by atoms with van der Waals surface area (Å²) in [5, 5.41) is 0. The molecule has 6 nitrogen and oxygen atoms in total. The van der Waals surface area contributed by atoms with E-state index in [1.165, 1.54) is 4.90 Å². The van der Waals surface area contributed by atoms with Gasteiger partial charge in [0.05, 0.1) is 4.90 Å². The van der Waals surface area contributed by atoms with E-state index in [1.807, 2.05) is 33.8 Å². The van der Waals surface area contributed by atoms with Gasteiger partial charge in [0.15, 0.2) is 0 Å². The lowest BCUT2D eigenvalue weighted by Gasteiger charge is -2.41. The summed E-state index contributed by atoms with van der Waals surface area (Å²) in [5.41, 5.74) is 3.60. The number of carbonyl (C=O) groups excluding carboxylic acids is 2. The number of carbonyl (C=O) groups is 2. The van der Waals surface area contributed by atoms with Crippen molar-refractivity contribution in [3.8, 4) is 0 Å². The zero-order valence-electron chi connectivity index (χ0n) is 17.0. The highest BCUT2D eigenvalue weighted by Crippen LogP contribution is 2.43. The monoisotopic (exact) mass is 404 g/mol. The van der Waals surface area contributed by atoms with Gasteiger partial charge in [0.1, 0.15) is 0 Å². The summed E-state index contributed by atoms with van der Waals surface area (Å²) >= 11 is 0. The van der Waals surface area contributed by atoms with E-state index in [9.17, 15) is 18.0 Å². The lowest BCUT2D eigenvalue weighted by molar-refractivity contribution is -0.142. The number of nitrogens with zero attached hydrogens (tertiary/aromatic N) is 2. The molecule has 0 aliphatic carbocycles. The SMILES string of the molecule is Cc1cc(C)c(C)c(S(=O)(=O)N2C3CCC2CC(N2C(=O)CCC2=O)C3)c1C. The minimum Gasteiger partial charge on any atom is -0.279 e. The highest BCUT2D eigenvalue weighted by Gasteiger charge is 2.51. The van der Waals surface area contributed by atoms with Crippen LogP contribution in [0.5, 0.6) is 0 Å². The Morgan fingerprint density at radius 1 is 0.821 bits per heavy atom. The maximum absolute atomic E-state index is 13.7. The Kier molecular flexibility index (Phi) is 4.66. The first-order valence-corrected chi connectivity index (χ1v) is 11.5. The molecule has 0 N–H and O–H groups in total. The third-order valence-corrected chi connectivity index (χ3v) is 9.21. The summed E-state index contributed by atoms with van der Waals surface area (Å²) in [5.74, 6) is -0.210. The van der Waals surface area contributed by atoms with Crippen LogP contribution in [-0.4, -0.2) is 47.6 Å². The molecule has 7 heteroatoms. The molecule has 2 atom stereocenters. The number of benzene rings is 1. The fraction of sp³-hybridized carbons (Fsp3) is 0.619. The van der Waals surface area contributed by atoms with Crippen molar-refractivity contribution in [1.82, 2.24) is 9.21 Å². The Hall–Kier alpha value is -1.73. The number of sulfonamides is 1. The maximum Gasteiger partial charge on any atom is 0.244 e. The lowest BCUT2D eigenvalue weighted by atomic mass is 9.98. The highest BCUT2D eigenvalue weighted by molar-refractivity contribution is 7.89. The summed E-state index contributed by atoms with van der Waals surface area (Å²) in [6.07, 6.45) is 3.26. The summed E-state index contributed by atoms with van der Waals surface area (Å²) in [6.45, 7) is 7.66. The molecule has 152 valence electrons. The Labute approximate surface area is 166 Å². The van der Waals surface area contributed by atoms with E-state index in [-0.39, 0.29) is 42.8 Å². The second-order valence-electron chi connectivity index (χ2n) is 8.59. The summed E-state index contributed by atoms with van der Waals surface area (Å²) < 4.78 is 29.2. The quantitative estimate of drug-likeness (QED) is 0.726. The molecule has 1 aromatic rings. The molecule has 0 saturated carbocycles. The van der Waals surface area contributed by atoms with E-state index >= 15 is 0 Å². The van der Waals surface area contributed by atoms with Crippen LogP contribution in [0.15, 0.2) is 11.0 Å².